The maximum atomic E-state index is 8.38. The van der Waals surface area contributed by atoms with Crippen LogP contribution in [-0.2, 0) is 6.54 Å². The fourth-order valence-electron chi connectivity index (χ4n) is 1.70. The smallest absolute Gasteiger partial charge is 0.139 e. The summed E-state index contributed by atoms with van der Waals surface area (Å²) in [7, 11) is 0. The molecule has 1 aromatic carbocycles. The Labute approximate surface area is 109 Å². The summed E-state index contributed by atoms with van der Waals surface area (Å²) in [5.74, 6) is 0.867. The molecule has 0 spiro atoms. The Morgan fingerprint density at radius 3 is 2.56 bits per heavy atom. The predicted molar refractivity (Wildman–Crippen MR) is 74.9 cm³/mol. The van der Waals surface area contributed by atoms with Crippen LogP contribution >= 0.6 is 0 Å². The molecule has 0 atom stereocenters. The third-order valence-electron chi connectivity index (χ3n) is 2.89. The van der Waals surface area contributed by atoms with E-state index in [0.29, 0.717) is 12.3 Å². The molecule has 0 radical (unpaired) electrons. The van der Waals surface area contributed by atoms with Gasteiger partial charge in [-0.3, -0.25) is 0 Å². The quantitative estimate of drug-likeness (QED) is 0.228. The van der Waals surface area contributed by atoms with Gasteiger partial charge in [0.25, 0.3) is 0 Å². The van der Waals surface area contributed by atoms with E-state index >= 15 is 0 Å². The Morgan fingerprint density at radius 2 is 2.00 bits per heavy atom. The van der Waals surface area contributed by atoms with Gasteiger partial charge in [0.1, 0.15) is 5.84 Å². The molecular weight excluding hydrogens is 226 g/mol. The van der Waals surface area contributed by atoms with Gasteiger partial charge in [-0.05, 0) is 30.0 Å². The molecule has 1 rings (SSSR count). The third-order valence-corrected chi connectivity index (χ3v) is 2.89. The topological polar surface area (TPSA) is 70.6 Å². The fraction of sp³-hybridized carbons (Fsp3) is 0.500. The maximum Gasteiger partial charge on any atom is 0.139 e. The average Bonchev–Trinajstić information content (AvgIpc) is 2.38. The summed E-state index contributed by atoms with van der Waals surface area (Å²) in [5, 5.41) is 14.7. The number of oxime groups is 1. The molecule has 0 fully saturated rings. The van der Waals surface area contributed by atoms with E-state index in [4.69, 9.17) is 10.9 Å². The number of amidine groups is 1. The van der Waals surface area contributed by atoms with Gasteiger partial charge < -0.3 is 16.3 Å². The van der Waals surface area contributed by atoms with E-state index in [9.17, 15) is 0 Å². The van der Waals surface area contributed by atoms with E-state index in [0.717, 1.165) is 19.5 Å². The highest BCUT2D eigenvalue weighted by molar-refractivity contribution is 5.79. The summed E-state index contributed by atoms with van der Waals surface area (Å²) in [5.41, 5.74) is 8.03. The molecule has 0 bridgehead atoms. The van der Waals surface area contributed by atoms with Crippen LogP contribution in [0, 0.1) is 0 Å². The van der Waals surface area contributed by atoms with E-state index in [1.54, 1.807) is 0 Å². The van der Waals surface area contributed by atoms with E-state index in [2.05, 4.69) is 48.6 Å². The van der Waals surface area contributed by atoms with Gasteiger partial charge in [0.15, 0.2) is 0 Å². The Bertz CT molecular complexity index is 371. The zero-order chi connectivity index (χ0) is 13.4. The highest BCUT2D eigenvalue weighted by atomic mass is 16.4. The monoisotopic (exact) mass is 249 g/mol. The Balaban J connectivity index is 2.23. The highest BCUT2D eigenvalue weighted by Crippen LogP contribution is 2.14. The lowest BCUT2D eigenvalue weighted by molar-refractivity contribution is 0.316. The van der Waals surface area contributed by atoms with Gasteiger partial charge in [-0.2, -0.15) is 0 Å². The minimum atomic E-state index is 0.290. The second-order valence-corrected chi connectivity index (χ2v) is 4.77. The van der Waals surface area contributed by atoms with Gasteiger partial charge in [0, 0.05) is 13.0 Å². The number of hydrogen-bond donors (Lipinski definition) is 3. The summed E-state index contributed by atoms with van der Waals surface area (Å²) >= 11 is 0. The van der Waals surface area contributed by atoms with Crippen molar-refractivity contribution in [3.63, 3.8) is 0 Å². The molecule has 4 N–H and O–H groups in total. The molecule has 0 saturated carbocycles. The largest absolute Gasteiger partial charge is 0.409 e. The van der Waals surface area contributed by atoms with Crippen LogP contribution in [0.4, 0.5) is 0 Å². The van der Waals surface area contributed by atoms with E-state index in [1.165, 1.54) is 11.1 Å². The number of benzene rings is 1. The number of hydrogen-bond acceptors (Lipinski definition) is 3. The van der Waals surface area contributed by atoms with Gasteiger partial charge in [-0.1, -0.05) is 43.3 Å². The minimum absolute atomic E-state index is 0.290. The van der Waals surface area contributed by atoms with Crippen LogP contribution in [0.15, 0.2) is 29.4 Å². The van der Waals surface area contributed by atoms with Gasteiger partial charge >= 0.3 is 0 Å². The molecule has 0 aliphatic carbocycles. The van der Waals surface area contributed by atoms with Crippen molar-refractivity contribution in [1.82, 2.24) is 5.32 Å². The molecule has 100 valence electrons. The summed E-state index contributed by atoms with van der Waals surface area (Å²) in [4.78, 5) is 0. The lowest BCUT2D eigenvalue weighted by atomic mass is 10.0. The van der Waals surface area contributed by atoms with Crippen LogP contribution in [-0.4, -0.2) is 17.6 Å². The number of nitrogens with one attached hydrogen (secondary N) is 1. The lowest BCUT2D eigenvalue weighted by Crippen LogP contribution is -2.18. The Kier molecular flexibility index (Phi) is 6.22. The fourth-order valence-corrected chi connectivity index (χ4v) is 1.70. The summed E-state index contributed by atoms with van der Waals surface area (Å²) in [6.07, 6.45) is 1.50. The van der Waals surface area contributed by atoms with E-state index in [-0.39, 0.29) is 5.84 Å². The van der Waals surface area contributed by atoms with Crippen LogP contribution in [0.1, 0.15) is 43.7 Å². The first-order valence-electron chi connectivity index (χ1n) is 6.39. The van der Waals surface area contributed by atoms with Crippen molar-refractivity contribution in [1.29, 1.82) is 0 Å². The van der Waals surface area contributed by atoms with Crippen molar-refractivity contribution in [3.05, 3.63) is 35.4 Å². The Hall–Kier alpha value is -1.55. The third kappa shape index (κ3) is 5.19. The summed E-state index contributed by atoms with van der Waals surface area (Å²) < 4.78 is 0. The van der Waals surface area contributed by atoms with Gasteiger partial charge in [-0.15, -0.1) is 0 Å². The maximum absolute atomic E-state index is 8.38. The van der Waals surface area contributed by atoms with E-state index in [1.807, 2.05) is 0 Å². The second-order valence-electron chi connectivity index (χ2n) is 4.77. The number of rotatable bonds is 7. The van der Waals surface area contributed by atoms with Gasteiger partial charge in [-0.25, -0.2) is 0 Å². The van der Waals surface area contributed by atoms with Crippen molar-refractivity contribution in [3.8, 4) is 0 Å². The number of nitrogens with two attached hydrogens (primary N) is 1. The molecule has 1 aromatic rings. The molecular formula is C14H23N3O. The average molecular weight is 249 g/mol. The zero-order valence-corrected chi connectivity index (χ0v) is 11.2. The lowest BCUT2D eigenvalue weighted by Gasteiger charge is -2.08. The first kappa shape index (κ1) is 14.5. The molecule has 0 aliphatic rings. The number of nitrogens with zero attached hydrogens (tertiary/aromatic N) is 1. The Morgan fingerprint density at radius 1 is 1.33 bits per heavy atom. The molecule has 18 heavy (non-hydrogen) atoms. The van der Waals surface area contributed by atoms with Crippen molar-refractivity contribution in [2.24, 2.45) is 10.9 Å². The highest BCUT2D eigenvalue weighted by Gasteiger charge is 1.99. The first-order chi connectivity index (χ1) is 8.63. The van der Waals surface area contributed by atoms with Crippen molar-refractivity contribution in [2.45, 2.75) is 39.2 Å². The van der Waals surface area contributed by atoms with Crippen molar-refractivity contribution < 1.29 is 5.21 Å². The van der Waals surface area contributed by atoms with E-state index < -0.39 is 0 Å². The van der Waals surface area contributed by atoms with Crippen molar-refractivity contribution in [2.75, 3.05) is 6.54 Å². The molecule has 4 heteroatoms. The molecule has 4 nitrogen and oxygen atoms in total. The molecule has 0 amide bonds. The SMILES string of the molecule is CC(C)c1ccc(CNCCCC(N)=NO)cc1. The standard InChI is InChI=1S/C14H23N3O/c1-11(2)13-7-5-12(6-8-13)10-16-9-3-4-14(15)17-18/h5-8,11,16,18H,3-4,9-10H2,1-2H3,(H2,15,17). The predicted octanol–water partition coefficient (Wildman–Crippen LogP) is 2.43. The molecule has 0 aromatic heterocycles. The van der Waals surface area contributed by atoms with Crippen LogP contribution in [0.25, 0.3) is 0 Å². The van der Waals surface area contributed by atoms with Crippen LogP contribution in [0.3, 0.4) is 0 Å². The summed E-state index contributed by atoms with van der Waals surface area (Å²) in [6.45, 7) is 6.11. The van der Waals surface area contributed by atoms with Gasteiger partial charge in [0.2, 0.25) is 0 Å². The minimum Gasteiger partial charge on any atom is -0.409 e. The van der Waals surface area contributed by atoms with Gasteiger partial charge in [0.05, 0.1) is 0 Å². The molecule has 0 heterocycles. The van der Waals surface area contributed by atoms with Crippen LogP contribution in [0.5, 0.6) is 0 Å². The summed E-state index contributed by atoms with van der Waals surface area (Å²) in [6, 6.07) is 8.67. The van der Waals surface area contributed by atoms with Crippen LogP contribution < -0.4 is 11.1 Å². The molecule has 0 aliphatic heterocycles. The van der Waals surface area contributed by atoms with Crippen molar-refractivity contribution >= 4 is 5.84 Å². The normalized spacial score (nSPS) is 12.1. The van der Waals surface area contributed by atoms with Crippen LogP contribution in [0.2, 0.25) is 0 Å². The first-order valence-corrected chi connectivity index (χ1v) is 6.39. The molecule has 0 saturated heterocycles. The second kappa shape index (κ2) is 7.71. The molecule has 0 unspecified atom stereocenters. The zero-order valence-electron chi connectivity index (χ0n) is 11.2.